The minimum atomic E-state index is -0.563. The van der Waals surface area contributed by atoms with Gasteiger partial charge < -0.3 is 5.32 Å². The predicted molar refractivity (Wildman–Crippen MR) is 81.0 cm³/mol. The molecule has 0 aliphatic carbocycles. The van der Waals surface area contributed by atoms with Gasteiger partial charge in [0, 0.05) is 16.6 Å². The molecule has 0 spiro atoms. The smallest absolute Gasteiger partial charge is 0.143 e. The predicted octanol–water partition coefficient (Wildman–Crippen LogP) is 4.88. The van der Waals surface area contributed by atoms with Gasteiger partial charge in [-0.2, -0.15) is 0 Å². The molecular formula is C15H13BrClF2N. The van der Waals surface area contributed by atoms with E-state index in [4.69, 9.17) is 11.6 Å². The van der Waals surface area contributed by atoms with Gasteiger partial charge in [0.2, 0.25) is 0 Å². The Morgan fingerprint density at radius 2 is 2.00 bits per heavy atom. The van der Waals surface area contributed by atoms with Crippen molar-refractivity contribution in [3.05, 3.63) is 68.7 Å². The van der Waals surface area contributed by atoms with Crippen LogP contribution in [0.15, 0.2) is 40.9 Å². The van der Waals surface area contributed by atoms with Crippen molar-refractivity contribution in [3.8, 4) is 0 Å². The van der Waals surface area contributed by atoms with Gasteiger partial charge in [0.15, 0.2) is 0 Å². The van der Waals surface area contributed by atoms with Gasteiger partial charge in [0.05, 0.1) is 4.47 Å². The minimum absolute atomic E-state index is 0.0544. The number of likely N-dealkylation sites (N-methyl/N-ethyl adjacent to an activating group) is 1. The fraction of sp³-hybridized carbons (Fsp3) is 0.200. The van der Waals surface area contributed by atoms with Crippen LogP contribution < -0.4 is 5.32 Å². The Morgan fingerprint density at radius 1 is 1.25 bits per heavy atom. The van der Waals surface area contributed by atoms with Crippen LogP contribution in [0.2, 0.25) is 5.02 Å². The van der Waals surface area contributed by atoms with Crippen molar-refractivity contribution >= 4 is 27.5 Å². The van der Waals surface area contributed by atoms with Crippen molar-refractivity contribution in [1.29, 1.82) is 0 Å². The van der Waals surface area contributed by atoms with E-state index in [1.165, 1.54) is 12.1 Å². The zero-order valence-electron chi connectivity index (χ0n) is 10.8. The maximum atomic E-state index is 14.0. The summed E-state index contributed by atoms with van der Waals surface area (Å²) < 4.78 is 28.1. The van der Waals surface area contributed by atoms with Crippen LogP contribution >= 0.6 is 27.5 Å². The lowest BCUT2D eigenvalue weighted by molar-refractivity contribution is 0.512. The molecule has 2 aromatic rings. The van der Waals surface area contributed by atoms with Crippen molar-refractivity contribution in [1.82, 2.24) is 5.32 Å². The highest BCUT2D eigenvalue weighted by atomic mass is 79.9. The zero-order valence-corrected chi connectivity index (χ0v) is 13.1. The first-order chi connectivity index (χ1) is 9.52. The summed E-state index contributed by atoms with van der Waals surface area (Å²) in [5, 5.41) is 3.66. The Morgan fingerprint density at radius 3 is 2.65 bits per heavy atom. The second-order valence-corrected chi connectivity index (χ2v) is 5.71. The molecule has 1 N–H and O–H groups in total. The number of benzene rings is 2. The summed E-state index contributed by atoms with van der Waals surface area (Å²) in [5.74, 6) is -1.11. The van der Waals surface area contributed by atoms with Crippen LogP contribution in [-0.2, 0) is 6.42 Å². The van der Waals surface area contributed by atoms with Gasteiger partial charge in [-0.05, 0) is 59.2 Å². The van der Waals surface area contributed by atoms with E-state index in [1.54, 1.807) is 19.2 Å². The van der Waals surface area contributed by atoms with E-state index in [0.29, 0.717) is 5.02 Å². The van der Waals surface area contributed by atoms with Gasteiger partial charge in [0.25, 0.3) is 0 Å². The maximum absolute atomic E-state index is 14.0. The van der Waals surface area contributed by atoms with Gasteiger partial charge in [-0.3, -0.25) is 0 Å². The van der Waals surface area contributed by atoms with Crippen molar-refractivity contribution < 1.29 is 8.78 Å². The Labute approximate surface area is 130 Å². The van der Waals surface area contributed by atoms with Crippen LogP contribution in [-0.4, -0.2) is 7.05 Å². The Balaban J connectivity index is 2.34. The summed E-state index contributed by atoms with van der Waals surface area (Å²) in [4.78, 5) is 0. The van der Waals surface area contributed by atoms with E-state index in [0.717, 1.165) is 5.56 Å². The van der Waals surface area contributed by atoms with Crippen LogP contribution in [0.25, 0.3) is 0 Å². The van der Waals surface area contributed by atoms with Gasteiger partial charge in [0.1, 0.15) is 11.6 Å². The SMILES string of the molecule is CNC(Cc1c(F)ccc(Br)c1F)c1cccc(Cl)c1. The molecule has 0 heterocycles. The van der Waals surface area contributed by atoms with Crippen molar-refractivity contribution in [2.24, 2.45) is 0 Å². The summed E-state index contributed by atoms with van der Waals surface area (Å²) in [5.41, 5.74) is 0.942. The molecule has 0 aliphatic heterocycles. The third-order valence-corrected chi connectivity index (χ3v) is 3.99. The molecule has 0 saturated heterocycles. The zero-order chi connectivity index (χ0) is 14.7. The van der Waals surface area contributed by atoms with Gasteiger partial charge in [-0.15, -0.1) is 0 Å². The first-order valence-electron chi connectivity index (χ1n) is 6.08. The molecule has 20 heavy (non-hydrogen) atoms. The van der Waals surface area contributed by atoms with Crippen LogP contribution in [0.3, 0.4) is 0 Å². The number of nitrogens with one attached hydrogen (secondary N) is 1. The normalized spacial score (nSPS) is 12.4. The summed E-state index contributed by atoms with van der Waals surface area (Å²) in [6, 6.07) is 9.65. The van der Waals surface area contributed by atoms with Crippen LogP contribution in [0.5, 0.6) is 0 Å². The lowest BCUT2D eigenvalue weighted by Crippen LogP contribution is -2.20. The largest absolute Gasteiger partial charge is 0.313 e. The van der Waals surface area contributed by atoms with Crippen molar-refractivity contribution in [3.63, 3.8) is 0 Å². The molecule has 0 radical (unpaired) electrons. The molecule has 0 bridgehead atoms. The van der Waals surface area contributed by atoms with Gasteiger partial charge >= 0.3 is 0 Å². The first kappa shape index (κ1) is 15.4. The maximum Gasteiger partial charge on any atom is 0.143 e. The second-order valence-electron chi connectivity index (χ2n) is 4.42. The first-order valence-corrected chi connectivity index (χ1v) is 7.25. The summed E-state index contributed by atoms with van der Waals surface area (Å²) in [6.07, 6.45) is 0.202. The monoisotopic (exact) mass is 359 g/mol. The average molecular weight is 361 g/mol. The van der Waals surface area contributed by atoms with Crippen molar-refractivity contribution in [2.75, 3.05) is 7.05 Å². The van der Waals surface area contributed by atoms with E-state index >= 15 is 0 Å². The highest BCUT2D eigenvalue weighted by Gasteiger charge is 2.18. The lowest BCUT2D eigenvalue weighted by Gasteiger charge is -2.18. The standard InChI is InChI=1S/C15H13BrClF2N/c1-20-14(9-3-2-4-10(17)7-9)8-11-13(18)6-5-12(16)15(11)19/h2-7,14,20H,8H2,1H3. The Kier molecular flexibility index (Phi) is 5.13. The van der Waals surface area contributed by atoms with E-state index in [9.17, 15) is 8.78 Å². The molecule has 0 amide bonds. The molecule has 0 aliphatic rings. The summed E-state index contributed by atoms with van der Waals surface area (Å²) in [6.45, 7) is 0. The average Bonchev–Trinajstić information content (AvgIpc) is 2.43. The molecule has 1 atom stereocenters. The summed E-state index contributed by atoms with van der Waals surface area (Å²) in [7, 11) is 1.75. The second kappa shape index (κ2) is 6.66. The minimum Gasteiger partial charge on any atom is -0.313 e. The molecule has 5 heteroatoms. The molecule has 0 fully saturated rings. The Bertz CT molecular complexity index is 619. The molecule has 2 rings (SSSR count). The topological polar surface area (TPSA) is 12.0 Å². The third kappa shape index (κ3) is 3.37. The number of rotatable bonds is 4. The lowest BCUT2D eigenvalue weighted by atomic mass is 9.98. The van der Waals surface area contributed by atoms with E-state index < -0.39 is 11.6 Å². The van der Waals surface area contributed by atoms with Crippen LogP contribution in [0.4, 0.5) is 8.78 Å². The van der Waals surface area contributed by atoms with Crippen molar-refractivity contribution in [2.45, 2.75) is 12.5 Å². The molecular weight excluding hydrogens is 348 g/mol. The molecule has 0 aromatic heterocycles. The molecule has 106 valence electrons. The molecule has 1 unspecified atom stereocenters. The van der Waals surface area contributed by atoms with E-state index in [-0.39, 0.29) is 22.5 Å². The summed E-state index contributed by atoms with van der Waals surface area (Å²) >= 11 is 9.03. The third-order valence-electron chi connectivity index (χ3n) is 3.15. The Hall–Kier alpha value is -0.970. The highest BCUT2D eigenvalue weighted by molar-refractivity contribution is 9.10. The van der Waals surface area contributed by atoms with Crippen LogP contribution in [0, 0.1) is 11.6 Å². The highest BCUT2D eigenvalue weighted by Crippen LogP contribution is 2.27. The fourth-order valence-corrected chi connectivity index (χ4v) is 2.64. The molecule has 1 nitrogen and oxygen atoms in total. The van der Waals surface area contributed by atoms with Gasteiger partial charge in [-0.25, -0.2) is 8.78 Å². The quantitative estimate of drug-likeness (QED) is 0.766. The number of hydrogen-bond donors (Lipinski definition) is 1. The molecule has 0 saturated carbocycles. The van der Waals surface area contributed by atoms with Gasteiger partial charge in [-0.1, -0.05) is 23.7 Å². The van der Waals surface area contributed by atoms with E-state index in [1.807, 2.05) is 12.1 Å². The molecule has 2 aromatic carbocycles. The number of halogens is 4. The van der Waals surface area contributed by atoms with Crippen LogP contribution in [0.1, 0.15) is 17.2 Å². The van der Waals surface area contributed by atoms with E-state index in [2.05, 4.69) is 21.2 Å². The fourth-order valence-electron chi connectivity index (χ4n) is 2.07. The number of hydrogen-bond acceptors (Lipinski definition) is 1.